The molecule has 3 heterocycles. The minimum absolute atomic E-state index is 0.134. The molecule has 0 fully saturated rings. The molecule has 140 valence electrons. The zero-order valence-corrected chi connectivity index (χ0v) is 16.2. The normalized spacial score (nSPS) is 10.7. The van der Waals surface area contributed by atoms with Gasteiger partial charge in [-0.3, -0.25) is 9.59 Å². The Morgan fingerprint density at radius 2 is 1.93 bits per heavy atom. The monoisotopic (exact) mass is 409 g/mol. The van der Waals surface area contributed by atoms with Crippen molar-refractivity contribution in [2.45, 2.75) is 6.42 Å². The molecule has 0 saturated carbocycles. The fourth-order valence-corrected chi connectivity index (χ4v) is 4.11. The molecule has 1 aromatic carbocycles. The topological polar surface area (TPSA) is 103 Å². The number of nitrogens with two attached hydrogens (primary N) is 1. The number of carbonyl (C=O) groups excluding carboxylic acids is 2. The van der Waals surface area contributed by atoms with Gasteiger partial charge in [-0.25, -0.2) is 9.67 Å². The van der Waals surface area contributed by atoms with Gasteiger partial charge in [0.15, 0.2) is 0 Å². The predicted octanol–water partition coefficient (Wildman–Crippen LogP) is 3.34. The SMILES string of the molecule is NC(=O)c1ccn(-c2ccc(NC(=O)Cc3csc(-c4ccsc4)n3)cc2)n1. The molecule has 0 radical (unpaired) electrons. The van der Waals surface area contributed by atoms with Gasteiger partial charge < -0.3 is 11.1 Å². The second-order valence-corrected chi connectivity index (χ2v) is 7.58. The van der Waals surface area contributed by atoms with Crippen molar-refractivity contribution in [1.82, 2.24) is 14.8 Å². The number of thiazole rings is 1. The van der Waals surface area contributed by atoms with Crippen LogP contribution < -0.4 is 11.1 Å². The highest BCUT2D eigenvalue weighted by atomic mass is 32.1. The van der Waals surface area contributed by atoms with Gasteiger partial charge in [-0.1, -0.05) is 0 Å². The number of benzene rings is 1. The number of nitrogens with zero attached hydrogens (tertiary/aromatic N) is 3. The van der Waals surface area contributed by atoms with Crippen molar-refractivity contribution >= 4 is 40.2 Å². The van der Waals surface area contributed by atoms with E-state index in [9.17, 15) is 9.59 Å². The van der Waals surface area contributed by atoms with Crippen LogP contribution in [0.4, 0.5) is 5.69 Å². The number of thiophene rings is 1. The first-order valence-electron chi connectivity index (χ1n) is 8.31. The molecule has 4 rings (SSSR count). The summed E-state index contributed by atoms with van der Waals surface area (Å²) in [7, 11) is 0. The average molecular weight is 409 g/mol. The van der Waals surface area contributed by atoms with Crippen molar-refractivity contribution < 1.29 is 9.59 Å². The molecule has 9 heteroatoms. The van der Waals surface area contributed by atoms with Crippen LogP contribution in [0.3, 0.4) is 0 Å². The average Bonchev–Trinajstić information content (AvgIpc) is 3.43. The number of hydrogen-bond donors (Lipinski definition) is 2. The maximum absolute atomic E-state index is 12.3. The summed E-state index contributed by atoms with van der Waals surface area (Å²) in [5.74, 6) is -0.711. The van der Waals surface area contributed by atoms with E-state index >= 15 is 0 Å². The molecule has 0 atom stereocenters. The molecule has 0 aliphatic rings. The van der Waals surface area contributed by atoms with Gasteiger partial charge >= 0.3 is 0 Å². The molecular formula is C19H15N5O2S2. The number of hydrogen-bond acceptors (Lipinski definition) is 6. The summed E-state index contributed by atoms with van der Waals surface area (Å²) in [6, 6.07) is 10.7. The maximum atomic E-state index is 12.3. The third kappa shape index (κ3) is 4.00. The van der Waals surface area contributed by atoms with Crippen LogP contribution in [0.1, 0.15) is 16.2 Å². The van der Waals surface area contributed by atoms with E-state index in [4.69, 9.17) is 5.73 Å². The highest BCUT2D eigenvalue weighted by Gasteiger charge is 2.10. The van der Waals surface area contributed by atoms with Crippen LogP contribution >= 0.6 is 22.7 Å². The minimum atomic E-state index is -0.577. The van der Waals surface area contributed by atoms with Gasteiger partial charge in [0.2, 0.25) is 5.91 Å². The fourth-order valence-electron chi connectivity index (χ4n) is 2.57. The van der Waals surface area contributed by atoms with Crippen LogP contribution in [0.5, 0.6) is 0 Å². The largest absolute Gasteiger partial charge is 0.364 e. The van der Waals surface area contributed by atoms with Crippen LogP contribution in [0.2, 0.25) is 0 Å². The summed E-state index contributed by atoms with van der Waals surface area (Å²) in [6.07, 6.45) is 1.87. The van der Waals surface area contributed by atoms with E-state index in [1.54, 1.807) is 52.5 Å². The number of primary amides is 1. The van der Waals surface area contributed by atoms with Gasteiger partial charge in [0, 0.05) is 28.2 Å². The molecule has 0 spiro atoms. The van der Waals surface area contributed by atoms with Crippen molar-refractivity contribution in [1.29, 1.82) is 0 Å². The molecule has 0 aliphatic heterocycles. The van der Waals surface area contributed by atoms with Crippen molar-refractivity contribution in [3.05, 3.63) is 70.1 Å². The van der Waals surface area contributed by atoms with Crippen molar-refractivity contribution in [3.63, 3.8) is 0 Å². The number of aromatic nitrogens is 3. The van der Waals surface area contributed by atoms with Crippen LogP contribution in [-0.4, -0.2) is 26.6 Å². The highest BCUT2D eigenvalue weighted by Crippen LogP contribution is 2.26. The second kappa shape index (κ2) is 7.75. The standard InChI is InChI=1S/C19H15N5O2S2/c20-18(26)16-5-7-24(23-16)15-3-1-13(2-4-15)21-17(25)9-14-11-28-19(22-14)12-6-8-27-10-12/h1-8,10-11H,9H2,(H2,20,26)(H,21,25). The molecule has 7 nitrogen and oxygen atoms in total. The maximum Gasteiger partial charge on any atom is 0.269 e. The molecule has 3 N–H and O–H groups in total. The molecule has 0 aliphatic carbocycles. The lowest BCUT2D eigenvalue weighted by atomic mass is 10.2. The van der Waals surface area contributed by atoms with E-state index in [0.717, 1.165) is 22.0 Å². The smallest absolute Gasteiger partial charge is 0.269 e. The summed E-state index contributed by atoms with van der Waals surface area (Å²) < 4.78 is 1.55. The van der Waals surface area contributed by atoms with E-state index in [1.807, 2.05) is 22.2 Å². The lowest BCUT2D eigenvalue weighted by Crippen LogP contribution is -2.14. The zero-order valence-electron chi connectivity index (χ0n) is 14.5. The third-order valence-corrected chi connectivity index (χ3v) is 5.54. The van der Waals surface area contributed by atoms with Crippen LogP contribution in [0, 0.1) is 0 Å². The minimum Gasteiger partial charge on any atom is -0.364 e. The molecule has 28 heavy (non-hydrogen) atoms. The van der Waals surface area contributed by atoms with E-state index < -0.39 is 5.91 Å². The van der Waals surface area contributed by atoms with Crippen LogP contribution in [0.25, 0.3) is 16.3 Å². The summed E-state index contributed by atoms with van der Waals surface area (Å²) in [5.41, 5.74) is 8.66. The van der Waals surface area contributed by atoms with Crippen molar-refractivity contribution in [3.8, 4) is 16.3 Å². The Kier molecular flexibility index (Phi) is 5.00. The van der Waals surface area contributed by atoms with Crippen molar-refractivity contribution in [2.75, 3.05) is 5.32 Å². The number of amides is 2. The first kappa shape index (κ1) is 18.1. The number of rotatable bonds is 6. The molecule has 0 saturated heterocycles. The van der Waals surface area contributed by atoms with Gasteiger partial charge in [-0.2, -0.15) is 16.4 Å². The van der Waals surface area contributed by atoms with Gasteiger partial charge in [0.05, 0.1) is 17.8 Å². The van der Waals surface area contributed by atoms with Crippen LogP contribution in [-0.2, 0) is 11.2 Å². The fraction of sp³-hybridized carbons (Fsp3) is 0.0526. The molecular weight excluding hydrogens is 394 g/mol. The van der Waals surface area contributed by atoms with E-state index in [2.05, 4.69) is 15.4 Å². The van der Waals surface area contributed by atoms with E-state index in [-0.39, 0.29) is 18.0 Å². The Morgan fingerprint density at radius 3 is 2.61 bits per heavy atom. The molecule has 0 unspecified atom stereocenters. The van der Waals surface area contributed by atoms with Gasteiger partial charge in [0.1, 0.15) is 10.7 Å². The van der Waals surface area contributed by atoms with E-state index in [0.29, 0.717) is 5.69 Å². The molecule has 4 aromatic rings. The number of carbonyl (C=O) groups is 2. The molecule has 3 aromatic heterocycles. The van der Waals surface area contributed by atoms with E-state index in [1.165, 1.54) is 11.3 Å². The lowest BCUT2D eigenvalue weighted by molar-refractivity contribution is -0.115. The van der Waals surface area contributed by atoms with Gasteiger partial charge in [-0.15, -0.1) is 11.3 Å². The Bertz CT molecular complexity index is 1110. The van der Waals surface area contributed by atoms with Gasteiger partial charge in [0.25, 0.3) is 5.91 Å². The first-order chi connectivity index (χ1) is 13.6. The summed E-state index contributed by atoms with van der Waals surface area (Å²) in [5, 5.41) is 13.8. The van der Waals surface area contributed by atoms with Crippen LogP contribution in [0.15, 0.2) is 58.7 Å². The summed E-state index contributed by atoms with van der Waals surface area (Å²) in [6.45, 7) is 0. The van der Waals surface area contributed by atoms with Crippen molar-refractivity contribution in [2.24, 2.45) is 5.73 Å². The first-order valence-corrected chi connectivity index (χ1v) is 10.1. The Labute approximate surface area is 168 Å². The molecule has 2 amide bonds. The zero-order chi connectivity index (χ0) is 19.5. The third-order valence-electron chi connectivity index (χ3n) is 3.92. The molecule has 0 bridgehead atoms. The van der Waals surface area contributed by atoms with Gasteiger partial charge in [-0.05, 0) is 41.8 Å². The number of anilines is 1. The Balaban J connectivity index is 1.38. The second-order valence-electron chi connectivity index (χ2n) is 5.94. The Hall–Kier alpha value is -3.30. The lowest BCUT2D eigenvalue weighted by Gasteiger charge is -2.06. The summed E-state index contributed by atoms with van der Waals surface area (Å²) in [4.78, 5) is 28.0. The summed E-state index contributed by atoms with van der Waals surface area (Å²) >= 11 is 3.15. The predicted molar refractivity (Wildman–Crippen MR) is 110 cm³/mol. The highest BCUT2D eigenvalue weighted by molar-refractivity contribution is 7.14. The number of nitrogens with one attached hydrogen (secondary N) is 1. The Morgan fingerprint density at radius 1 is 1.11 bits per heavy atom. The quantitative estimate of drug-likeness (QED) is 0.510.